The largest absolute Gasteiger partial charge is 0.376 e. The van der Waals surface area contributed by atoms with Gasteiger partial charge in [-0.2, -0.15) is 13.1 Å². The molecule has 1 saturated carbocycles. The Labute approximate surface area is 175 Å². The summed E-state index contributed by atoms with van der Waals surface area (Å²) in [6.07, 6.45) is 7.60. The van der Waals surface area contributed by atoms with Crippen molar-refractivity contribution in [2.45, 2.75) is 56.7 Å². The molecule has 4 rings (SSSR count). The van der Waals surface area contributed by atoms with Crippen LogP contribution in [0.5, 0.6) is 0 Å². The molecule has 1 aliphatic carbocycles. The van der Waals surface area contributed by atoms with Gasteiger partial charge in [0.25, 0.3) is 10.0 Å². The van der Waals surface area contributed by atoms with Crippen molar-refractivity contribution in [3.05, 3.63) is 48.0 Å². The Bertz CT molecular complexity index is 933. The Balaban J connectivity index is 1.68. The average molecular weight is 441 g/mol. The molecule has 164 valence electrons. The normalized spacial score (nSPS) is 21.2. The molecule has 0 spiro atoms. The fourth-order valence-electron chi connectivity index (χ4n) is 4.23. The van der Waals surface area contributed by atoms with Crippen LogP contribution in [-0.2, 0) is 27.8 Å². The highest BCUT2D eigenvalue weighted by Crippen LogP contribution is 2.32. The van der Waals surface area contributed by atoms with Crippen LogP contribution in [0, 0.1) is 0 Å². The molecular formula is C20H26F2N4O3S. The van der Waals surface area contributed by atoms with Crippen LogP contribution < -0.4 is 4.90 Å². The predicted molar refractivity (Wildman–Crippen MR) is 109 cm³/mol. The number of para-hydroxylation sites is 1. The van der Waals surface area contributed by atoms with E-state index in [1.165, 1.54) is 0 Å². The third kappa shape index (κ3) is 4.50. The van der Waals surface area contributed by atoms with E-state index in [2.05, 4.69) is 9.97 Å². The number of aromatic amines is 1. The number of ether oxygens (including phenoxy) is 1. The van der Waals surface area contributed by atoms with Crippen molar-refractivity contribution in [3.8, 4) is 0 Å². The van der Waals surface area contributed by atoms with Gasteiger partial charge in [0.15, 0.2) is 0 Å². The third-order valence-corrected chi connectivity index (χ3v) is 7.26. The molecule has 1 aliphatic heterocycles. The van der Waals surface area contributed by atoms with Gasteiger partial charge in [-0.25, -0.2) is 13.4 Å². The molecule has 1 N–H and O–H groups in total. The van der Waals surface area contributed by atoms with Crippen LogP contribution in [0.2, 0.25) is 0 Å². The summed E-state index contributed by atoms with van der Waals surface area (Å²) in [5, 5.41) is 0. The molecule has 0 saturated heterocycles. The van der Waals surface area contributed by atoms with Crippen LogP contribution in [0.25, 0.3) is 0 Å². The molecule has 2 aromatic rings. The average Bonchev–Trinajstić information content (AvgIpc) is 3.40. The van der Waals surface area contributed by atoms with Gasteiger partial charge in [-0.1, -0.05) is 31.0 Å². The zero-order valence-corrected chi connectivity index (χ0v) is 17.4. The molecule has 0 amide bonds. The second kappa shape index (κ2) is 8.99. The summed E-state index contributed by atoms with van der Waals surface area (Å²) < 4.78 is 58.5. The quantitative estimate of drug-likeness (QED) is 0.716. The molecule has 0 bridgehead atoms. The minimum atomic E-state index is -4.72. The Hall–Kier alpha value is -2.04. The minimum Gasteiger partial charge on any atom is -0.376 e. The summed E-state index contributed by atoms with van der Waals surface area (Å²) in [7, 11) is -4.72. The van der Waals surface area contributed by atoms with Crippen LogP contribution in [0.4, 0.5) is 14.5 Å². The first-order valence-electron chi connectivity index (χ1n) is 10.2. The molecule has 10 heteroatoms. The number of hydrogen-bond donors (Lipinski definition) is 1. The number of aromatic nitrogens is 2. The number of alkyl halides is 2. The number of benzene rings is 1. The molecule has 1 fully saturated rings. The highest BCUT2D eigenvalue weighted by Gasteiger charge is 2.38. The van der Waals surface area contributed by atoms with E-state index in [0.717, 1.165) is 41.4 Å². The van der Waals surface area contributed by atoms with Crippen molar-refractivity contribution < 1.29 is 21.9 Å². The van der Waals surface area contributed by atoms with Crippen LogP contribution in [-0.4, -0.2) is 53.7 Å². The maximum absolute atomic E-state index is 13.4. The number of nitrogens with one attached hydrogen (secondary N) is 1. The van der Waals surface area contributed by atoms with E-state index in [-0.39, 0.29) is 25.8 Å². The molecule has 7 nitrogen and oxygen atoms in total. The van der Waals surface area contributed by atoms with Gasteiger partial charge in [-0.3, -0.25) is 0 Å². The topological polar surface area (TPSA) is 78.5 Å². The van der Waals surface area contributed by atoms with Crippen molar-refractivity contribution >= 4 is 15.7 Å². The summed E-state index contributed by atoms with van der Waals surface area (Å²) in [5.74, 6) is -3.46. The second-order valence-corrected chi connectivity index (χ2v) is 9.73. The van der Waals surface area contributed by atoms with Gasteiger partial charge in [0.05, 0.1) is 37.3 Å². The number of halogens is 2. The van der Waals surface area contributed by atoms with Gasteiger partial charge < -0.3 is 14.6 Å². The van der Waals surface area contributed by atoms with Crippen molar-refractivity contribution in [2.75, 3.05) is 18.1 Å². The maximum Gasteiger partial charge on any atom is 0.350 e. The van der Waals surface area contributed by atoms with Crippen LogP contribution >= 0.6 is 0 Å². The van der Waals surface area contributed by atoms with E-state index < -0.39 is 21.8 Å². The van der Waals surface area contributed by atoms with Crippen LogP contribution in [0.15, 0.2) is 36.8 Å². The molecule has 0 radical (unpaired) electrons. The Morgan fingerprint density at radius 3 is 2.70 bits per heavy atom. The smallest absolute Gasteiger partial charge is 0.350 e. The molecule has 2 heterocycles. The molecule has 1 aromatic carbocycles. The highest BCUT2D eigenvalue weighted by molar-refractivity contribution is 7.89. The van der Waals surface area contributed by atoms with E-state index in [9.17, 15) is 17.2 Å². The zero-order valence-electron chi connectivity index (χ0n) is 16.6. The highest BCUT2D eigenvalue weighted by atomic mass is 32.2. The lowest BCUT2D eigenvalue weighted by molar-refractivity contribution is 0.0446. The summed E-state index contributed by atoms with van der Waals surface area (Å²) in [6, 6.07) is 6.92. The number of hydrogen-bond acceptors (Lipinski definition) is 5. The van der Waals surface area contributed by atoms with Gasteiger partial charge in [0, 0.05) is 25.0 Å². The standard InChI is InChI=1S/C20H26F2N4O3S/c21-20(22)30(27,28)25-10-15-5-1-4-8-19(15)26(11-16-9-23-14-24-16)17(12-25)13-29-18-6-2-3-7-18/h1,4-5,8-9,14,17-18,20H,2-3,6-7,10-13H2,(H,23,24). The first-order valence-corrected chi connectivity index (χ1v) is 11.7. The number of anilines is 1. The van der Waals surface area contributed by atoms with E-state index >= 15 is 0 Å². The molecular weight excluding hydrogens is 414 g/mol. The monoisotopic (exact) mass is 440 g/mol. The van der Waals surface area contributed by atoms with Gasteiger partial charge >= 0.3 is 5.76 Å². The van der Waals surface area contributed by atoms with Crippen molar-refractivity contribution in [1.82, 2.24) is 14.3 Å². The Morgan fingerprint density at radius 2 is 2.00 bits per heavy atom. The number of imidazole rings is 1. The predicted octanol–water partition coefficient (Wildman–Crippen LogP) is 3.11. The first kappa shape index (κ1) is 21.2. The minimum absolute atomic E-state index is 0.0673. The number of sulfonamides is 1. The lowest BCUT2D eigenvalue weighted by Crippen LogP contribution is -2.47. The lowest BCUT2D eigenvalue weighted by Gasteiger charge is -2.34. The van der Waals surface area contributed by atoms with E-state index in [4.69, 9.17) is 4.74 Å². The summed E-state index contributed by atoms with van der Waals surface area (Å²) >= 11 is 0. The summed E-state index contributed by atoms with van der Waals surface area (Å²) in [5.41, 5.74) is 2.35. The molecule has 2 aliphatic rings. The molecule has 1 aromatic heterocycles. The van der Waals surface area contributed by atoms with Crippen molar-refractivity contribution in [1.29, 1.82) is 0 Å². The van der Waals surface area contributed by atoms with Crippen molar-refractivity contribution in [2.24, 2.45) is 0 Å². The molecule has 1 atom stereocenters. The van der Waals surface area contributed by atoms with Gasteiger partial charge in [-0.15, -0.1) is 0 Å². The van der Waals surface area contributed by atoms with Gasteiger partial charge in [0.1, 0.15) is 0 Å². The number of nitrogens with zero attached hydrogens (tertiary/aromatic N) is 3. The fourth-order valence-corrected chi connectivity index (χ4v) is 5.15. The SMILES string of the molecule is O=S(=O)(C(F)F)N1Cc2ccccc2N(Cc2cnc[nH]2)C(COC2CCCC2)C1. The van der Waals surface area contributed by atoms with Crippen molar-refractivity contribution in [3.63, 3.8) is 0 Å². The second-order valence-electron chi connectivity index (χ2n) is 7.83. The summed E-state index contributed by atoms with van der Waals surface area (Å²) in [4.78, 5) is 9.17. The number of fused-ring (bicyclic) bond motifs is 1. The number of H-pyrrole nitrogens is 1. The third-order valence-electron chi connectivity index (χ3n) is 5.81. The maximum atomic E-state index is 13.4. The Kier molecular flexibility index (Phi) is 6.35. The van der Waals surface area contributed by atoms with Gasteiger partial charge in [-0.05, 0) is 24.5 Å². The van der Waals surface area contributed by atoms with Gasteiger partial charge in [0.2, 0.25) is 0 Å². The van der Waals surface area contributed by atoms with Crippen LogP contribution in [0.1, 0.15) is 36.9 Å². The molecule has 1 unspecified atom stereocenters. The lowest BCUT2D eigenvalue weighted by atomic mass is 10.1. The van der Waals surface area contributed by atoms with E-state index in [1.807, 2.05) is 17.0 Å². The fraction of sp³-hybridized carbons (Fsp3) is 0.550. The van der Waals surface area contributed by atoms with E-state index in [1.54, 1.807) is 24.7 Å². The number of rotatable bonds is 7. The van der Waals surface area contributed by atoms with E-state index in [0.29, 0.717) is 12.1 Å². The Morgan fingerprint density at radius 1 is 1.23 bits per heavy atom. The first-order chi connectivity index (χ1) is 14.4. The van der Waals surface area contributed by atoms with Crippen LogP contribution in [0.3, 0.4) is 0 Å². The summed E-state index contributed by atoms with van der Waals surface area (Å²) in [6.45, 7) is 0.547. The molecule has 30 heavy (non-hydrogen) atoms. The zero-order chi connectivity index (χ0) is 21.1.